The molecule has 0 radical (unpaired) electrons. The molecule has 0 fully saturated rings. The molecule has 0 aliphatic heterocycles. The van der Waals surface area contributed by atoms with E-state index in [1.807, 2.05) is 97.1 Å². The van der Waals surface area contributed by atoms with Gasteiger partial charge in [-0.3, -0.25) is 0 Å². The van der Waals surface area contributed by atoms with Gasteiger partial charge in [-0.1, -0.05) is 97.1 Å². The second kappa shape index (κ2) is 32.8. The smallest absolute Gasteiger partial charge is 0.104 e. The van der Waals surface area contributed by atoms with Crippen molar-refractivity contribution in [1.82, 2.24) is 0 Å². The lowest BCUT2D eigenvalue weighted by molar-refractivity contribution is -0.110. The van der Waals surface area contributed by atoms with E-state index in [4.69, 9.17) is 42.6 Å². The van der Waals surface area contributed by atoms with E-state index >= 15 is 0 Å². The van der Waals surface area contributed by atoms with Crippen LogP contribution in [0.5, 0.6) is 0 Å². The van der Waals surface area contributed by atoms with Gasteiger partial charge < -0.3 is 62.6 Å². The van der Waals surface area contributed by atoms with Gasteiger partial charge in [-0.05, 0) is 44.5 Å². The van der Waals surface area contributed by atoms with E-state index in [0.717, 1.165) is 44.5 Å². The van der Waals surface area contributed by atoms with Crippen molar-refractivity contribution < 1.29 is 62.6 Å². The van der Waals surface area contributed by atoms with Crippen LogP contribution in [0.25, 0.3) is 0 Å². The summed E-state index contributed by atoms with van der Waals surface area (Å²) >= 11 is 0. The third-order valence-corrected chi connectivity index (χ3v) is 10.4. The Labute approximate surface area is 364 Å². The normalized spacial score (nSPS) is 12.9. The van der Waals surface area contributed by atoms with Gasteiger partial charge in [0.1, 0.15) is 12.2 Å². The molecule has 4 rings (SSSR count). The van der Waals surface area contributed by atoms with Gasteiger partial charge in [0.15, 0.2) is 0 Å². The molecule has 0 aliphatic rings. The number of benzene rings is 4. The van der Waals surface area contributed by atoms with Gasteiger partial charge in [0, 0.05) is 29.9 Å². The highest BCUT2D eigenvalue weighted by molar-refractivity contribution is 7.30. The molecule has 0 aromatic heterocycles. The summed E-state index contributed by atoms with van der Waals surface area (Å²) in [6.07, 6.45) is 0.568. The fraction of sp³-hybridized carbons (Fsp3) is 0.478. The zero-order valence-electron chi connectivity index (χ0n) is 35.0. The quantitative estimate of drug-likeness (QED) is 0.0319. The Balaban J connectivity index is 1.21. The molecule has 4 atom stereocenters. The predicted molar refractivity (Wildman–Crippen MR) is 237 cm³/mol. The Morgan fingerprint density at radius 1 is 0.328 bits per heavy atom. The first-order valence-electron chi connectivity index (χ1n) is 20.6. The third-order valence-electron chi connectivity index (χ3n) is 9.22. The molecule has 0 aliphatic carbocycles. The van der Waals surface area contributed by atoms with Crippen molar-refractivity contribution in [3.05, 3.63) is 142 Å². The second-order valence-electron chi connectivity index (χ2n) is 14.1. The molecule has 4 aromatic rings. The molecule has 0 amide bonds. The minimum absolute atomic E-state index is 0.00248. The first-order chi connectivity index (χ1) is 30.1. The van der Waals surface area contributed by atoms with Crippen LogP contribution in [0.1, 0.15) is 44.5 Å². The highest BCUT2D eigenvalue weighted by atomic mass is 31.1. The zero-order chi connectivity index (χ0) is 43.0. The number of rotatable bonds is 36. The fourth-order valence-electron chi connectivity index (χ4n) is 5.76. The standard InChI is InChI=1S/C46H64O13P2/c47-25-37-1-5-39(6-2-37)27-51-17-19-55-31-45(58-23-21-53-29-40-7-3-38(26-48)4-8-40)33-57-34-46(59-24-22-54-30-42-11-15-44(16-12-42)36-61-50)32-56-20-18-52-28-41-9-13-43(14-10-41)35-60-49/h1-16,45-50,60-61H,17-36H2. The molecular weight excluding hydrogens is 822 g/mol. The minimum Gasteiger partial charge on any atom is -0.392 e. The van der Waals surface area contributed by atoms with Crippen molar-refractivity contribution in [1.29, 1.82) is 0 Å². The van der Waals surface area contributed by atoms with E-state index in [9.17, 15) is 20.0 Å². The molecule has 336 valence electrons. The van der Waals surface area contributed by atoms with Crippen molar-refractivity contribution in [3.8, 4) is 0 Å². The topological polar surface area (TPSA) is 164 Å². The zero-order valence-corrected chi connectivity index (χ0v) is 37.0. The third kappa shape index (κ3) is 22.9. The Kier molecular flexibility index (Phi) is 27.4. The van der Waals surface area contributed by atoms with Crippen LogP contribution in [-0.2, 0) is 94.6 Å². The van der Waals surface area contributed by atoms with E-state index in [-0.39, 0.29) is 62.9 Å². The summed E-state index contributed by atoms with van der Waals surface area (Å²) < 4.78 is 53.7. The molecule has 4 aromatic carbocycles. The van der Waals surface area contributed by atoms with Gasteiger partial charge in [-0.25, -0.2) is 0 Å². The summed E-state index contributed by atoms with van der Waals surface area (Å²) in [5, 5.41) is 18.6. The summed E-state index contributed by atoms with van der Waals surface area (Å²) in [5.41, 5.74) is 8.02. The van der Waals surface area contributed by atoms with Crippen LogP contribution in [0.2, 0.25) is 0 Å². The average Bonchev–Trinajstić information content (AvgIpc) is 3.29. The molecule has 4 N–H and O–H groups in total. The predicted octanol–water partition coefficient (Wildman–Crippen LogP) is 5.83. The molecule has 15 heteroatoms. The van der Waals surface area contributed by atoms with Gasteiger partial charge in [0.25, 0.3) is 0 Å². The number of hydrogen-bond donors (Lipinski definition) is 4. The Morgan fingerprint density at radius 3 is 0.902 bits per heavy atom. The highest BCUT2D eigenvalue weighted by Crippen LogP contribution is 2.16. The lowest BCUT2D eigenvalue weighted by Crippen LogP contribution is -2.32. The van der Waals surface area contributed by atoms with Gasteiger partial charge >= 0.3 is 0 Å². The molecule has 4 unspecified atom stereocenters. The van der Waals surface area contributed by atoms with Crippen LogP contribution in [-0.4, -0.2) is 111 Å². The van der Waals surface area contributed by atoms with Crippen LogP contribution in [0.4, 0.5) is 0 Å². The van der Waals surface area contributed by atoms with Crippen LogP contribution in [0, 0.1) is 0 Å². The summed E-state index contributed by atoms with van der Waals surface area (Å²) in [6.45, 7) is 5.91. The summed E-state index contributed by atoms with van der Waals surface area (Å²) in [6, 6.07) is 31.3. The first kappa shape index (κ1) is 50.9. The van der Waals surface area contributed by atoms with Crippen molar-refractivity contribution in [2.45, 2.75) is 64.2 Å². The van der Waals surface area contributed by atoms with Gasteiger partial charge in [0.05, 0.1) is 119 Å². The molecule has 0 spiro atoms. The highest BCUT2D eigenvalue weighted by Gasteiger charge is 2.15. The average molecular weight is 887 g/mol. The summed E-state index contributed by atoms with van der Waals surface area (Å²) in [5.74, 6) is 0. The lowest BCUT2D eigenvalue weighted by atomic mass is 10.1. The van der Waals surface area contributed by atoms with Crippen LogP contribution in [0.3, 0.4) is 0 Å². The minimum atomic E-state index is -0.376. The van der Waals surface area contributed by atoms with E-state index in [2.05, 4.69) is 0 Å². The monoisotopic (exact) mass is 886 g/mol. The van der Waals surface area contributed by atoms with Crippen molar-refractivity contribution in [3.63, 3.8) is 0 Å². The molecule has 0 saturated heterocycles. The maximum Gasteiger partial charge on any atom is 0.104 e. The van der Waals surface area contributed by atoms with E-state index in [1.54, 1.807) is 0 Å². The Hall–Kier alpha value is -2.78. The van der Waals surface area contributed by atoms with E-state index in [0.29, 0.717) is 98.2 Å². The SMILES string of the molecule is OCc1ccc(COCCOCC(COCC(COCCOCc2ccc(CPO)cc2)OCCOCc2ccc(CPO)cc2)OCCOCc2ccc(CO)cc2)cc1. The summed E-state index contributed by atoms with van der Waals surface area (Å²) in [4.78, 5) is 18.4. The molecular formula is C46H64O13P2. The van der Waals surface area contributed by atoms with E-state index < -0.39 is 0 Å². The Morgan fingerprint density at radius 2 is 0.590 bits per heavy atom. The molecule has 0 bridgehead atoms. The van der Waals surface area contributed by atoms with Gasteiger partial charge in [-0.15, -0.1) is 0 Å². The van der Waals surface area contributed by atoms with Crippen LogP contribution in [0.15, 0.2) is 97.1 Å². The second-order valence-corrected chi connectivity index (χ2v) is 15.5. The molecule has 0 saturated carbocycles. The maximum atomic E-state index is 9.30. The fourth-order valence-corrected chi connectivity index (χ4v) is 6.60. The number of ether oxygens (including phenoxy) is 9. The molecule has 0 heterocycles. The summed E-state index contributed by atoms with van der Waals surface area (Å²) in [7, 11) is -0.206. The van der Waals surface area contributed by atoms with Crippen LogP contribution < -0.4 is 0 Å². The number of aliphatic hydroxyl groups excluding tert-OH is 2. The van der Waals surface area contributed by atoms with Gasteiger partial charge in [0.2, 0.25) is 0 Å². The van der Waals surface area contributed by atoms with Crippen LogP contribution >= 0.6 is 17.6 Å². The lowest BCUT2D eigenvalue weighted by Gasteiger charge is -2.22. The Bertz CT molecular complexity index is 1650. The first-order valence-corrected chi connectivity index (χ1v) is 22.9. The van der Waals surface area contributed by atoms with Crippen molar-refractivity contribution >= 4 is 17.6 Å². The van der Waals surface area contributed by atoms with Gasteiger partial charge in [-0.2, -0.15) is 0 Å². The largest absolute Gasteiger partial charge is 0.392 e. The van der Waals surface area contributed by atoms with Crippen molar-refractivity contribution in [2.75, 3.05) is 79.3 Å². The molecule has 61 heavy (non-hydrogen) atoms. The number of aliphatic hydroxyl groups is 2. The van der Waals surface area contributed by atoms with Crippen molar-refractivity contribution in [2.24, 2.45) is 0 Å². The van der Waals surface area contributed by atoms with E-state index in [1.165, 1.54) is 0 Å². The maximum absolute atomic E-state index is 9.30. The number of hydrogen-bond acceptors (Lipinski definition) is 13. The molecule has 13 nitrogen and oxygen atoms in total.